The van der Waals surface area contributed by atoms with E-state index in [2.05, 4.69) is 11.4 Å². The summed E-state index contributed by atoms with van der Waals surface area (Å²) in [6, 6.07) is 2.32. The Hall–Kier alpha value is -1.08. The van der Waals surface area contributed by atoms with Crippen LogP contribution in [0.2, 0.25) is 0 Å². The summed E-state index contributed by atoms with van der Waals surface area (Å²) >= 11 is 0. The van der Waals surface area contributed by atoms with E-state index < -0.39 is 5.54 Å². The standard InChI is InChI=1S/C15H26N2O2/c1-15(12-16,13-8-4-3-5-9-13)17-14(18)10-6-7-11-19-2/h13H,3-11H2,1-2H3,(H,17,18). The number of nitrogens with one attached hydrogen (secondary N) is 1. The van der Waals surface area contributed by atoms with Gasteiger partial charge in [-0.05, 0) is 38.5 Å². The number of hydrogen-bond acceptors (Lipinski definition) is 3. The van der Waals surface area contributed by atoms with Crippen molar-refractivity contribution in [1.82, 2.24) is 5.32 Å². The molecule has 0 aliphatic heterocycles. The predicted octanol–water partition coefficient (Wildman–Crippen LogP) is 2.78. The maximum Gasteiger partial charge on any atom is 0.221 e. The Kier molecular flexibility index (Phi) is 6.86. The zero-order chi connectivity index (χ0) is 14.1. The molecule has 4 nitrogen and oxygen atoms in total. The molecule has 1 amide bonds. The second-order valence-electron chi connectivity index (χ2n) is 5.65. The Labute approximate surface area is 116 Å². The largest absolute Gasteiger partial charge is 0.385 e. The molecule has 0 radical (unpaired) electrons. The van der Waals surface area contributed by atoms with Crippen LogP contribution in [0, 0.1) is 17.2 Å². The Morgan fingerprint density at radius 3 is 2.63 bits per heavy atom. The van der Waals surface area contributed by atoms with E-state index in [1.165, 1.54) is 19.3 Å². The van der Waals surface area contributed by atoms with Gasteiger partial charge in [0.25, 0.3) is 0 Å². The highest BCUT2D eigenvalue weighted by molar-refractivity contribution is 5.77. The Bertz CT molecular complexity index is 319. The first-order valence-corrected chi connectivity index (χ1v) is 7.33. The van der Waals surface area contributed by atoms with Gasteiger partial charge in [-0.2, -0.15) is 5.26 Å². The fourth-order valence-corrected chi connectivity index (χ4v) is 2.79. The average molecular weight is 266 g/mol. The highest BCUT2D eigenvalue weighted by Gasteiger charge is 2.36. The summed E-state index contributed by atoms with van der Waals surface area (Å²) in [5.41, 5.74) is -0.696. The van der Waals surface area contributed by atoms with Crippen LogP contribution in [0.1, 0.15) is 58.3 Å². The first-order chi connectivity index (χ1) is 9.12. The van der Waals surface area contributed by atoms with Gasteiger partial charge in [0, 0.05) is 20.1 Å². The number of nitriles is 1. The second kappa shape index (κ2) is 8.16. The van der Waals surface area contributed by atoms with E-state index in [-0.39, 0.29) is 5.91 Å². The predicted molar refractivity (Wildman–Crippen MR) is 74.5 cm³/mol. The summed E-state index contributed by atoms with van der Waals surface area (Å²) in [7, 11) is 1.66. The number of amides is 1. The molecule has 0 aromatic rings. The first-order valence-electron chi connectivity index (χ1n) is 7.33. The van der Waals surface area contributed by atoms with Crippen LogP contribution in [0.15, 0.2) is 0 Å². The van der Waals surface area contributed by atoms with E-state index in [1.54, 1.807) is 7.11 Å². The van der Waals surface area contributed by atoms with E-state index in [0.717, 1.165) is 25.7 Å². The van der Waals surface area contributed by atoms with Crippen molar-refractivity contribution in [1.29, 1.82) is 5.26 Å². The summed E-state index contributed by atoms with van der Waals surface area (Å²) in [6.45, 7) is 2.56. The molecule has 1 N–H and O–H groups in total. The summed E-state index contributed by atoms with van der Waals surface area (Å²) in [4.78, 5) is 11.9. The minimum Gasteiger partial charge on any atom is -0.385 e. The Balaban J connectivity index is 2.41. The fourth-order valence-electron chi connectivity index (χ4n) is 2.79. The third-order valence-electron chi connectivity index (χ3n) is 4.06. The third kappa shape index (κ3) is 5.20. The van der Waals surface area contributed by atoms with Crippen molar-refractivity contribution in [2.75, 3.05) is 13.7 Å². The number of rotatable bonds is 7. The van der Waals surface area contributed by atoms with Gasteiger partial charge in [0.15, 0.2) is 0 Å². The Morgan fingerprint density at radius 2 is 2.05 bits per heavy atom. The quantitative estimate of drug-likeness (QED) is 0.721. The van der Waals surface area contributed by atoms with Crippen molar-refractivity contribution in [3.05, 3.63) is 0 Å². The van der Waals surface area contributed by atoms with Crippen LogP contribution in [-0.2, 0) is 9.53 Å². The number of nitrogens with zero attached hydrogens (tertiary/aromatic N) is 1. The lowest BCUT2D eigenvalue weighted by Crippen LogP contribution is -2.51. The molecule has 0 aromatic heterocycles. The minimum absolute atomic E-state index is 0.00859. The van der Waals surface area contributed by atoms with E-state index in [9.17, 15) is 10.1 Å². The van der Waals surface area contributed by atoms with E-state index in [1.807, 2.05) is 6.92 Å². The van der Waals surface area contributed by atoms with Gasteiger partial charge in [-0.15, -0.1) is 0 Å². The van der Waals surface area contributed by atoms with Crippen LogP contribution in [0.3, 0.4) is 0 Å². The topological polar surface area (TPSA) is 62.1 Å². The number of unbranched alkanes of at least 4 members (excludes halogenated alkanes) is 1. The number of carbonyl (C=O) groups excluding carboxylic acids is 1. The summed E-state index contributed by atoms with van der Waals surface area (Å²) in [6.07, 6.45) is 7.87. The molecule has 1 aliphatic carbocycles. The van der Waals surface area contributed by atoms with Gasteiger partial charge in [0.2, 0.25) is 5.91 Å². The van der Waals surface area contributed by atoms with Gasteiger partial charge in [0.05, 0.1) is 6.07 Å². The fraction of sp³-hybridized carbons (Fsp3) is 0.867. The monoisotopic (exact) mass is 266 g/mol. The lowest BCUT2D eigenvalue weighted by Gasteiger charge is -2.35. The van der Waals surface area contributed by atoms with Crippen LogP contribution >= 0.6 is 0 Å². The molecule has 0 heterocycles. The maximum absolute atomic E-state index is 11.9. The molecule has 1 fully saturated rings. The summed E-state index contributed by atoms with van der Waals surface area (Å²) in [5, 5.41) is 12.4. The first kappa shape index (κ1) is 16.0. The lowest BCUT2D eigenvalue weighted by molar-refractivity contribution is -0.123. The molecule has 0 saturated heterocycles. The molecule has 0 spiro atoms. The van der Waals surface area contributed by atoms with Crippen LogP contribution in [0.5, 0.6) is 0 Å². The number of methoxy groups -OCH3 is 1. The van der Waals surface area contributed by atoms with Crippen molar-refractivity contribution in [2.45, 2.75) is 63.8 Å². The number of hydrogen-bond donors (Lipinski definition) is 1. The summed E-state index contributed by atoms with van der Waals surface area (Å²) in [5.74, 6) is 0.292. The van der Waals surface area contributed by atoms with Crippen LogP contribution < -0.4 is 5.32 Å². The van der Waals surface area contributed by atoms with E-state index >= 15 is 0 Å². The van der Waals surface area contributed by atoms with Crippen molar-refractivity contribution in [3.8, 4) is 6.07 Å². The molecule has 19 heavy (non-hydrogen) atoms. The van der Waals surface area contributed by atoms with E-state index in [0.29, 0.717) is 18.9 Å². The molecule has 1 saturated carbocycles. The molecule has 1 aliphatic rings. The van der Waals surface area contributed by atoms with Crippen molar-refractivity contribution in [2.24, 2.45) is 5.92 Å². The van der Waals surface area contributed by atoms with Crippen LogP contribution in [0.4, 0.5) is 0 Å². The smallest absolute Gasteiger partial charge is 0.221 e. The second-order valence-corrected chi connectivity index (χ2v) is 5.65. The number of carbonyl (C=O) groups is 1. The molecule has 4 heteroatoms. The van der Waals surface area contributed by atoms with Gasteiger partial charge in [-0.1, -0.05) is 19.3 Å². The molecular formula is C15H26N2O2. The number of ether oxygens (including phenoxy) is 1. The molecule has 1 rings (SSSR count). The molecule has 1 unspecified atom stereocenters. The minimum atomic E-state index is -0.696. The van der Waals surface area contributed by atoms with Gasteiger partial charge >= 0.3 is 0 Å². The zero-order valence-corrected chi connectivity index (χ0v) is 12.2. The highest BCUT2D eigenvalue weighted by Crippen LogP contribution is 2.32. The van der Waals surface area contributed by atoms with Crippen molar-refractivity contribution >= 4 is 5.91 Å². The van der Waals surface area contributed by atoms with Crippen molar-refractivity contribution < 1.29 is 9.53 Å². The average Bonchev–Trinajstić information content (AvgIpc) is 2.44. The highest BCUT2D eigenvalue weighted by atomic mass is 16.5. The van der Waals surface area contributed by atoms with Crippen LogP contribution in [-0.4, -0.2) is 25.2 Å². The Morgan fingerprint density at radius 1 is 1.37 bits per heavy atom. The van der Waals surface area contributed by atoms with Gasteiger partial charge in [0.1, 0.15) is 5.54 Å². The normalized spacial score (nSPS) is 19.4. The maximum atomic E-state index is 11.9. The summed E-state index contributed by atoms with van der Waals surface area (Å²) < 4.78 is 4.96. The molecule has 0 bridgehead atoms. The third-order valence-corrected chi connectivity index (χ3v) is 4.06. The molecule has 1 atom stereocenters. The molecule has 0 aromatic carbocycles. The molecular weight excluding hydrogens is 240 g/mol. The van der Waals surface area contributed by atoms with E-state index in [4.69, 9.17) is 4.74 Å². The molecule has 108 valence electrons. The van der Waals surface area contributed by atoms with Gasteiger partial charge in [-0.25, -0.2) is 0 Å². The van der Waals surface area contributed by atoms with Gasteiger partial charge in [-0.3, -0.25) is 4.79 Å². The van der Waals surface area contributed by atoms with Gasteiger partial charge < -0.3 is 10.1 Å². The SMILES string of the molecule is COCCCCC(=O)NC(C)(C#N)C1CCCCC1. The van der Waals surface area contributed by atoms with Crippen molar-refractivity contribution in [3.63, 3.8) is 0 Å². The zero-order valence-electron chi connectivity index (χ0n) is 12.2. The van der Waals surface area contributed by atoms with Crippen LogP contribution in [0.25, 0.3) is 0 Å². The lowest BCUT2D eigenvalue weighted by atomic mass is 9.76.